The molecule has 60 valence electrons. The van der Waals surface area contributed by atoms with E-state index in [2.05, 4.69) is 52.9 Å². The fourth-order valence-electron chi connectivity index (χ4n) is 1.21. The molecule has 0 saturated carbocycles. The van der Waals surface area contributed by atoms with Crippen molar-refractivity contribution in [3.05, 3.63) is 36.4 Å². The van der Waals surface area contributed by atoms with E-state index in [0.29, 0.717) is 0 Å². The van der Waals surface area contributed by atoms with E-state index < -0.39 is 0 Å². The molecule has 0 spiro atoms. The third kappa shape index (κ3) is 1.38. The molecular formula is C10H7SSe-. The SMILES string of the molecule is Sc1cc2ccccc2cc1[Se-]. The van der Waals surface area contributed by atoms with E-state index in [1.807, 2.05) is 12.1 Å². The topological polar surface area (TPSA) is 0 Å². The summed E-state index contributed by atoms with van der Waals surface area (Å²) in [5.41, 5.74) is 0. The van der Waals surface area contributed by atoms with Gasteiger partial charge in [0.25, 0.3) is 0 Å². The summed E-state index contributed by atoms with van der Waals surface area (Å²) in [5, 5.41) is 2.49. The summed E-state index contributed by atoms with van der Waals surface area (Å²) < 4.78 is 1.11. The van der Waals surface area contributed by atoms with Gasteiger partial charge >= 0.3 is 85.2 Å². The molecule has 0 saturated heterocycles. The van der Waals surface area contributed by atoms with Gasteiger partial charge in [0.15, 0.2) is 0 Å². The summed E-state index contributed by atoms with van der Waals surface area (Å²) >= 11 is 7.33. The van der Waals surface area contributed by atoms with Crippen LogP contribution in [0, 0.1) is 0 Å². The molecule has 2 aromatic carbocycles. The molecule has 0 aliphatic carbocycles. The van der Waals surface area contributed by atoms with E-state index in [-0.39, 0.29) is 0 Å². The molecule has 0 aliphatic heterocycles. The van der Waals surface area contributed by atoms with Crippen molar-refractivity contribution in [3.63, 3.8) is 0 Å². The normalized spacial score (nSPS) is 10.4. The van der Waals surface area contributed by atoms with Crippen LogP contribution in [0.25, 0.3) is 10.8 Å². The third-order valence-corrected chi connectivity index (χ3v) is 3.25. The van der Waals surface area contributed by atoms with E-state index in [4.69, 9.17) is 0 Å². The van der Waals surface area contributed by atoms with Gasteiger partial charge in [-0.25, -0.2) is 0 Å². The van der Waals surface area contributed by atoms with Crippen LogP contribution in [0.2, 0.25) is 0 Å². The number of hydrogen-bond acceptors (Lipinski definition) is 1. The molecule has 0 radical (unpaired) electrons. The number of thiol groups is 1. The van der Waals surface area contributed by atoms with Crippen molar-refractivity contribution < 1.29 is 0 Å². The molecule has 12 heavy (non-hydrogen) atoms. The van der Waals surface area contributed by atoms with Crippen LogP contribution in [0.15, 0.2) is 41.3 Å². The summed E-state index contributed by atoms with van der Waals surface area (Å²) in [5.74, 6) is 0. The van der Waals surface area contributed by atoms with Crippen LogP contribution in [-0.4, -0.2) is 16.0 Å². The number of hydrogen-bond donors (Lipinski definition) is 1. The number of benzene rings is 2. The van der Waals surface area contributed by atoms with Crippen molar-refractivity contribution in [1.82, 2.24) is 0 Å². The second-order valence-corrected chi connectivity index (χ2v) is 4.07. The van der Waals surface area contributed by atoms with Gasteiger partial charge in [-0.2, -0.15) is 0 Å². The molecule has 0 unspecified atom stereocenters. The van der Waals surface area contributed by atoms with Gasteiger partial charge in [0.05, 0.1) is 0 Å². The molecule has 0 N–H and O–H groups in total. The van der Waals surface area contributed by atoms with E-state index in [1.165, 1.54) is 10.8 Å². The van der Waals surface area contributed by atoms with Crippen LogP contribution >= 0.6 is 12.6 Å². The Morgan fingerprint density at radius 1 is 1.00 bits per heavy atom. The Morgan fingerprint density at radius 3 is 2.25 bits per heavy atom. The molecule has 0 aliphatic rings. The van der Waals surface area contributed by atoms with Crippen LogP contribution in [0.1, 0.15) is 0 Å². The predicted molar refractivity (Wildman–Crippen MR) is 56.6 cm³/mol. The summed E-state index contributed by atoms with van der Waals surface area (Å²) in [6.07, 6.45) is 0. The van der Waals surface area contributed by atoms with Gasteiger partial charge in [0.2, 0.25) is 0 Å². The minimum absolute atomic E-state index is 1.01. The summed E-state index contributed by atoms with van der Waals surface area (Å²) in [7, 11) is 0. The summed E-state index contributed by atoms with van der Waals surface area (Å²) in [6.45, 7) is 0. The van der Waals surface area contributed by atoms with Crippen molar-refractivity contribution in [3.8, 4) is 0 Å². The van der Waals surface area contributed by atoms with Crippen molar-refractivity contribution in [2.75, 3.05) is 0 Å². The first-order chi connectivity index (χ1) is 5.77. The first-order valence-electron chi connectivity index (χ1n) is 3.66. The van der Waals surface area contributed by atoms with Gasteiger partial charge in [0, 0.05) is 0 Å². The second-order valence-electron chi connectivity index (χ2n) is 2.67. The molecule has 0 aromatic heterocycles. The van der Waals surface area contributed by atoms with Crippen molar-refractivity contribution >= 4 is 43.9 Å². The molecule has 0 fully saturated rings. The van der Waals surface area contributed by atoms with E-state index in [9.17, 15) is 0 Å². The fraction of sp³-hybridized carbons (Fsp3) is 0. The van der Waals surface area contributed by atoms with E-state index in [1.54, 1.807) is 0 Å². The molecule has 0 heterocycles. The molecule has 0 nitrogen and oxygen atoms in total. The van der Waals surface area contributed by atoms with Crippen LogP contribution < -0.4 is 4.46 Å². The Hall–Kier alpha value is -0.431. The quantitative estimate of drug-likeness (QED) is 0.526. The van der Waals surface area contributed by atoms with E-state index in [0.717, 1.165) is 9.36 Å². The Labute approximate surface area is 85.2 Å². The average Bonchev–Trinajstić information content (AvgIpc) is 2.07. The molecular weight excluding hydrogens is 231 g/mol. The molecule has 0 bridgehead atoms. The Balaban J connectivity index is 2.84. The second kappa shape index (κ2) is 3.14. The zero-order valence-electron chi connectivity index (χ0n) is 6.32. The van der Waals surface area contributed by atoms with Crippen LogP contribution in [0.5, 0.6) is 0 Å². The maximum absolute atomic E-state index is 4.34. The minimum atomic E-state index is 1.01. The van der Waals surface area contributed by atoms with Gasteiger partial charge in [-0.05, 0) is 0 Å². The first-order valence-corrected chi connectivity index (χ1v) is 4.96. The molecule has 2 rings (SSSR count). The van der Waals surface area contributed by atoms with Crippen molar-refractivity contribution in [1.29, 1.82) is 0 Å². The zero-order chi connectivity index (χ0) is 8.55. The van der Waals surface area contributed by atoms with Gasteiger partial charge in [-0.15, -0.1) is 0 Å². The Kier molecular flexibility index (Phi) is 2.14. The molecule has 0 amide bonds. The van der Waals surface area contributed by atoms with Crippen molar-refractivity contribution in [2.24, 2.45) is 0 Å². The van der Waals surface area contributed by atoms with Gasteiger partial charge in [0.1, 0.15) is 0 Å². The Morgan fingerprint density at radius 2 is 1.58 bits per heavy atom. The fourth-order valence-corrected chi connectivity index (χ4v) is 1.80. The third-order valence-electron chi connectivity index (χ3n) is 1.83. The van der Waals surface area contributed by atoms with Gasteiger partial charge in [-0.1, -0.05) is 0 Å². The Bertz CT molecular complexity index is 383. The monoisotopic (exact) mass is 239 g/mol. The first kappa shape index (κ1) is 8.18. The number of fused-ring (bicyclic) bond motifs is 1. The maximum atomic E-state index is 4.34. The summed E-state index contributed by atoms with van der Waals surface area (Å²) in [4.78, 5) is 1.01. The molecule has 0 atom stereocenters. The van der Waals surface area contributed by atoms with Gasteiger partial charge < -0.3 is 0 Å². The van der Waals surface area contributed by atoms with E-state index >= 15 is 0 Å². The van der Waals surface area contributed by atoms with Crippen LogP contribution in [-0.2, 0) is 0 Å². The number of rotatable bonds is 0. The van der Waals surface area contributed by atoms with Crippen LogP contribution in [0.3, 0.4) is 0 Å². The van der Waals surface area contributed by atoms with Crippen molar-refractivity contribution in [2.45, 2.75) is 4.90 Å². The summed E-state index contributed by atoms with van der Waals surface area (Å²) in [6, 6.07) is 12.5. The van der Waals surface area contributed by atoms with Crippen LogP contribution in [0.4, 0.5) is 0 Å². The zero-order valence-corrected chi connectivity index (χ0v) is 8.93. The standard InChI is InChI=1S/C10H8SSe/c11-9-5-7-3-1-2-4-8(7)6-10(9)12/h1-6,11-12H/p-1. The average molecular weight is 238 g/mol. The van der Waals surface area contributed by atoms with Gasteiger partial charge in [-0.3, -0.25) is 0 Å². The predicted octanol–water partition coefficient (Wildman–Crippen LogP) is 1.92. The molecule has 2 heteroatoms. The molecule has 2 aromatic rings.